The first-order valence-electron chi connectivity index (χ1n) is 7.39. The number of nitrogens with one attached hydrogen (secondary N) is 1. The van der Waals surface area contributed by atoms with Crippen LogP contribution in [-0.2, 0) is 11.3 Å². The van der Waals surface area contributed by atoms with Crippen LogP contribution in [0.15, 0.2) is 36.7 Å². The van der Waals surface area contributed by atoms with E-state index in [2.05, 4.69) is 15.3 Å². The van der Waals surface area contributed by atoms with Crippen LogP contribution in [-0.4, -0.2) is 39.7 Å². The van der Waals surface area contributed by atoms with Gasteiger partial charge in [0.1, 0.15) is 5.82 Å². The second kappa shape index (κ2) is 6.27. The normalized spacial score (nSPS) is 18.5. The summed E-state index contributed by atoms with van der Waals surface area (Å²) < 4.78 is 14.9. The molecule has 0 aliphatic carbocycles. The highest BCUT2D eigenvalue weighted by atomic mass is 19.1. The Kier molecular flexibility index (Phi) is 4.20. The van der Waals surface area contributed by atoms with E-state index in [0.717, 1.165) is 31.6 Å². The van der Waals surface area contributed by atoms with Gasteiger partial charge in [0.2, 0.25) is 5.91 Å². The van der Waals surface area contributed by atoms with Gasteiger partial charge in [-0.15, -0.1) is 0 Å². The van der Waals surface area contributed by atoms with Crippen molar-refractivity contribution in [2.24, 2.45) is 0 Å². The monoisotopic (exact) mass is 302 g/mol. The number of benzene rings is 1. The number of amides is 1. The molecule has 2 heterocycles. The van der Waals surface area contributed by atoms with Crippen LogP contribution in [0.1, 0.15) is 18.9 Å². The standard InChI is InChI=1S/C16H19FN4O/c1-12(22)19-15-5-6-20(11-15)9-13-8-18-21(10-13)16-4-2-3-14(17)7-16/h2-4,7-8,10,15H,5-6,9,11H2,1H3,(H,19,22). The first-order valence-corrected chi connectivity index (χ1v) is 7.39. The number of aromatic nitrogens is 2. The molecular formula is C16H19FN4O. The number of carbonyl (C=O) groups excluding carboxylic acids is 1. The summed E-state index contributed by atoms with van der Waals surface area (Å²) in [4.78, 5) is 13.4. The van der Waals surface area contributed by atoms with Crippen LogP contribution in [0.4, 0.5) is 4.39 Å². The molecule has 3 rings (SSSR count). The molecule has 0 spiro atoms. The van der Waals surface area contributed by atoms with Crippen molar-refractivity contribution in [1.82, 2.24) is 20.0 Å². The third kappa shape index (κ3) is 3.51. The summed E-state index contributed by atoms with van der Waals surface area (Å²) in [5.41, 5.74) is 1.79. The van der Waals surface area contributed by atoms with Gasteiger partial charge in [-0.25, -0.2) is 9.07 Å². The molecule has 1 aromatic heterocycles. The molecule has 22 heavy (non-hydrogen) atoms. The number of hydrogen-bond acceptors (Lipinski definition) is 3. The molecule has 1 aromatic carbocycles. The Morgan fingerprint density at radius 3 is 3.14 bits per heavy atom. The average Bonchev–Trinajstić information content (AvgIpc) is 3.08. The van der Waals surface area contributed by atoms with Gasteiger partial charge in [0, 0.05) is 44.4 Å². The van der Waals surface area contributed by atoms with Crippen LogP contribution >= 0.6 is 0 Å². The maximum absolute atomic E-state index is 13.3. The molecule has 1 atom stereocenters. The second-order valence-corrected chi connectivity index (χ2v) is 5.69. The Morgan fingerprint density at radius 2 is 2.36 bits per heavy atom. The molecule has 0 radical (unpaired) electrons. The largest absolute Gasteiger partial charge is 0.352 e. The number of rotatable bonds is 4. The topological polar surface area (TPSA) is 50.2 Å². The smallest absolute Gasteiger partial charge is 0.217 e. The van der Waals surface area contributed by atoms with Crippen molar-refractivity contribution in [3.05, 3.63) is 48.0 Å². The Balaban J connectivity index is 1.62. The number of hydrogen-bond donors (Lipinski definition) is 1. The lowest BCUT2D eigenvalue weighted by Gasteiger charge is -2.15. The molecule has 116 valence electrons. The van der Waals surface area contributed by atoms with Crippen molar-refractivity contribution in [1.29, 1.82) is 0 Å². The summed E-state index contributed by atoms with van der Waals surface area (Å²) in [5, 5.41) is 7.24. The highest BCUT2D eigenvalue weighted by Gasteiger charge is 2.23. The van der Waals surface area contributed by atoms with Crippen molar-refractivity contribution < 1.29 is 9.18 Å². The molecule has 2 aromatic rings. The lowest BCUT2D eigenvalue weighted by atomic mass is 10.2. The van der Waals surface area contributed by atoms with E-state index in [1.54, 1.807) is 23.9 Å². The van der Waals surface area contributed by atoms with Gasteiger partial charge in [-0.2, -0.15) is 5.10 Å². The third-order valence-corrected chi connectivity index (χ3v) is 3.79. The first-order chi connectivity index (χ1) is 10.6. The van der Waals surface area contributed by atoms with Gasteiger partial charge in [-0.05, 0) is 24.6 Å². The van der Waals surface area contributed by atoms with E-state index >= 15 is 0 Å². The molecule has 1 saturated heterocycles. The lowest BCUT2D eigenvalue weighted by molar-refractivity contribution is -0.119. The molecule has 1 fully saturated rings. The maximum Gasteiger partial charge on any atom is 0.217 e. The molecule has 1 aliphatic heterocycles. The summed E-state index contributed by atoms with van der Waals surface area (Å²) in [5.74, 6) is -0.252. The van der Waals surface area contributed by atoms with Crippen LogP contribution in [0.2, 0.25) is 0 Å². The summed E-state index contributed by atoms with van der Waals surface area (Å²) in [6.07, 6.45) is 4.69. The van der Waals surface area contributed by atoms with Crippen molar-refractivity contribution in [3.63, 3.8) is 0 Å². The molecular weight excluding hydrogens is 283 g/mol. The van der Waals surface area contributed by atoms with Crippen molar-refractivity contribution in [2.45, 2.75) is 25.9 Å². The summed E-state index contributed by atoms with van der Waals surface area (Å²) >= 11 is 0. The second-order valence-electron chi connectivity index (χ2n) is 5.69. The summed E-state index contributed by atoms with van der Waals surface area (Å²) in [7, 11) is 0. The molecule has 1 N–H and O–H groups in total. The van der Waals surface area contributed by atoms with Gasteiger partial charge in [0.25, 0.3) is 0 Å². The quantitative estimate of drug-likeness (QED) is 0.935. The Hall–Kier alpha value is -2.21. The van der Waals surface area contributed by atoms with Gasteiger partial charge in [0.05, 0.1) is 11.9 Å². The Morgan fingerprint density at radius 1 is 1.50 bits per heavy atom. The fourth-order valence-electron chi connectivity index (χ4n) is 2.84. The molecule has 1 aliphatic rings. The third-order valence-electron chi connectivity index (χ3n) is 3.79. The molecule has 1 unspecified atom stereocenters. The number of halogens is 1. The molecule has 0 bridgehead atoms. The zero-order valence-electron chi connectivity index (χ0n) is 12.5. The highest BCUT2D eigenvalue weighted by Crippen LogP contribution is 2.15. The number of likely N-dealkylation sites (tertiary alicyclic amines) is 1. The van der Waals surface area contributed by atoms with Gasteiger partial charge >= 0.3 is 0 Å². The predicted molar refractivity (Wildman–Crippen MR) is 81.0 cm³/mol. The fourth-order valence-corrected chi connectivity index (χ4v) is 2.84. The van der Waals surface area contributed by atoms with Gasteiger partial charge in [-0.1, -0.05) is 6.07 Å². The minimum atomic E-state index is -0.271. The zero-order chi connectivity index (χ0) is 15.5. The minimum Gasteiger partial charge on any atom is -0.352 e. The van der Waals surface area contributed by atoms with Gasteiger partial charge < -0.3 is 5.32 Å². The van der Waals surface area contributed by atoms with Crippen LogP contribution in [0.5, 0.6) is 0 Å². The number of carbonyl (C=O) groups is 1. The van der Waals surface area contributed by atoms with Crippen molar-refractivity contribution in [3.8, 4) is 5.69 Å². The Bertz CT molecular complexity index is 670. The van der Waals surface area contributed by atoms with E-state index in [9.17, 15) is 9.18 Å². The minimum absolute atomic E-state index is 0.0192. The highest BCUT2D eigenvalue weighted by molar-refractivity contribution is 5.73. The summed E-state index contributed by atoms with van der Waals surface area (Å²) in [6, 6.07) is 6.60. The zero-order valence-corrected chi connectivity index (χ0v) is 12.5. The van der Waals surface area contributed by atoms with E-state index in [1.165, 1.54) is 12.1 Å². The van der Waals surface area contributed by atoms with Gasteiger partial charge in [0.15, 0.2) is 0 Å². The van der Waals surface area contributed by atoms with Crippen LogP contribution in [0.25, 0.3) is 5.69 Å². The SMILES string of the molecule is CC(=O)NC1CCN(Cc2cnn(-c3cccc(F)c3)c2)C1. The van der Waals surface area contributed by atoms with E-state index < -0.39 is 0 Å². The average molecular weight is 302 g/mol. The molecule has 1 amide bonds. The fraction of sp³-hybridized carbons (Fsp3) is 0.375. The molecule has 5 nitrogen and oxygen atoms in total. The van der Waals surface area contributed by atoms with E-state index in [1.807, 2.05) is 12.3 Å². The van der Waals surface area contributed by atoms with Gasteiger partial charge in [-0.3, -0.25) is 9.69 Å². The van der Waals surface area contributed by atoms with Crippen LogP contribution in [0, 0.1) is 5.82 Å². The van der Waals surface area contributed by atoms with Crippen molar-refractivity contribution >= 4 is 5.91 Å². The molecule has 6 heteroatoms. The van der Waals surface area contributed by atoms with Crippen molar-refractivity contribution in [2.75, 3.05) is 13.1 Å². The van der Waals surface area contributed by atoms with E-state index in [0.29, 0.717) is 5.69 Å². The van der Waals surface area contributed by atoms with Crippen LogP contribution in [0.3, 0.4) is 0 Å². The predicted octanol–water partition coefficient (Wildman–Crippen LogP) is 1.72. The maximum atomic E-state index is 13.3. The molecule has 0 saturated carbocycles. The lowest BCUT2D eigenvalue weighted by Crippen LogP contribution is -2.35. The number of nitrogens with zero attached hydrogens (tertiary/aromatic N) is 3. The first kappa shape index (κ1) is 14.7. The summed E-state index contributed by atoms with van der Waals surface area (Å²) in [6.45, 7) is 4.14. The Labute approximate surface area is 128 Å². The van der Waals surface area contributed by atoms with E-state index in [4.69, 9.17) is 0 Å². The van der Waals surface area contributed by atoms with Crippen LogP contribution < -0.4 is 5.32 Å². The van der Waals surface area contributed by atoms with E-state index in [-0.39, 0.29) is 17.8 Å².